The monoisotopic (exact) mass is 381 g/mol. The molecular formula is C20H23N5OS+2. The Morgan fingerprint density at radius 3 is 2.41 bits per heavy atom. The van der Waals surface area contributed by atoms with Crippen LogP contribution >= 0.6 is 11.3 Å². The summed E-state index contributed by atoms with van der Waals surface area (Å²) in [6.07, 6.45) is 0.475. The number of carbonyl (C=O) groups excluding carboxylic acids is 1. The fourth-order valence-electron chi connectivity index (χ4n) is 3.34. The van der Waals surface area contributed by atoms with Gasteiger partial charge in [-0.3, -0.25) is 4.79 Å². The molecule has 0 atom stereocenters. The third kappa shape index (κ3) is 5.38. The minimum Gasteiger partial charge on any atom is -0.325 e. The number of benzene rings is 1. The summed E-state index contributed by atoms with van der Waals surface area (Å²) in [5, 5.41) is 23.2. The van der Waals surface area contributed by atoms with E-state index in [2.05, 4.69) is 17.5 Å². The van der Waals surface area contributed by atoms with Gasteiger partial charge in [0.1, 0.15) is 43.8 Å². The average molecular weight is 382 g/mol. The van der Waals surface area contributed by atoms with Crippen LogP contribution in [0.5, 0.6) is 0 Å². The van der Waals surface area contributed by atoms with Crippen LogP contribution in [0.15, 0.2) is 35.7 Å². The standard InChI is InChI=1S/C20H21N5OS/c21-13-16-1-3-17(4-2-16)15-25-10-8-24(9-11-25)7-5-19(26)23-20-18(14-22)6-12-27-20/h1-4,6,12H,5,7-11,15H2,(H,23,26)/p+2. The first kappa shape index (κ1) is 19.1. The Balaban J connectivity index is 1.38. The molecule has 1 amide bonds. The lowest BCUT2D eigenvalue weighted by Gasteiger charge is -2.29. The van der Waals surface area contributed by atoms with Gasteiger partial charge in [0, 0.05) is 5.56 Å². The summed E-state index contributed by atoms with van der Waals surface area (Å²) < 4.78 is 0. The molecule has 1 aliphatic rings. The number of piperazine rings is 1. The number of hydrogen-bond donors (Lipinski definition) is 3. The number of hydrogen-bond acceptors (Lipinski definition) is 4. The maximum absolute atomic E-state index is 12.1. The van der Waals surface area contributed by atoms with Gasteiger partial charge in [-0.15, -0.1) is 11.3 Å². The number of rotatable bonds is 6. The van der Waals surface area contributed by atoms with Crippen molar-refractivity contribution in [3.63, 3.8) is 0 Å². The number of nitriles is 2. The fourth-order valence-corrected chi connectivity index (χ4v) is 4.10. The highest BCUT2D eigenvalue weighted by molar-refractivity contribution is 7.14. The predicted octanol–water partition coefficient (Wildman–Crippen LogP) is -0.196. The van der Waals surface area contributed by atoms with Crippen molar-refractivity contribution in [2.45, 2.75) is 13.0 Å². The van der Waals surface area contributed by atoms with Crippen molar-refractivity contribution in [1.29, 1.82) is 10.5 Å². The molecule has 0 bridgehead atoms. The van der Waals surface area contributed by atoms with Gasteiger partial charge in [-0.2, -0.15) is 10.5 Å². The van der Waals surface area contributed by atoms with Crippen LogP contribution in [0.25, 0.3) is 0 Å². The van der Waals surface area contributed by atoms with Crippen LogP contribution in [0.3, 0.4) is 0 Å². The van der Waals surface area contributed by atoms with E-state index in [0.717, 1.165) is 39.3 Å². The largest absolute Gasteiger partial charge is 0.325 e. The van der Waals surface area contributed by atoms with E-state index >= 15 is 0 Å². The lowest BCUT2D eigenvalue weighted by atomic mass is 10.1. The van der Waals surface area contributed by atoms with E-state index in [4.69, 9.17) is 10.5 Å². The smallest absolute Gasteiger partial charge is 0.230 e. The van der Waals surface area contributed by atoms with E-state index in [1.807, 2.05) is 29.6 Å². The Hall–Kier alpha value is -2.71. The zero-order chi connectivity index (χ0) is 19.1. The van der Waals surface area contributed by atoms with Crippen LogP contribution in [0.1, 0.15) is 23.1 Å². The van der Waals surface area contributed by atoms with Gasteiger partial charge in [0.2, 0.25) is 5.91 Å². The van der Waals surface area contributed by atoms with Crippen molar-refractivity contribution in [2.75, 3.05) is 38.0 Å². The average Bonchev–Trinajstić information content (AvgIpc) is 3.15. The topological polar surface area (TPSA) is 85.6 Å². The number of nitrogens with zero attached hydrogens (tertiary/aromatic N) is 2. The molecule has 6 nitrogen and oxygen atoms in total. The Labute approximate surface area is 163 Å². The van der Waals surface area contributed by atoms with Crippen molar-refractivity contribution in [3.8, 4) is 12.1 Å². The van der Waals surface area contributed by atoms with Crippen LogP contribution in [-0.4, -0.2) is 38.6 Å². The van der Waals surface area contributed by atoms with Crippen LogP contribution in [0, 0.1) is 22.7 Å². The molecule has 0 radical (unpaired) electrons. The van der Waals surface area contributed by atoms with Gasteiger partial charge in [0.15, 0.2) is 0 Å². The highest BCUT2D eigenvalue weighted by Crippen LogP contribution is 2.21. The first-order valence-electron chi connectivity index (χ1n) is 9.11. The minimum absolute atomic E-state index is 0.0196. The molecule has 27 heavy (non-hydrogen) atoms. The second-order valence-corrected chi connectivity index (χ2v) is 7.72. The summed E-state index contributed by atoms with van der Waals surface area (Å²) in [6.45, 7) is 6.08. The van der Waals surface area contributed by atoms with Gasteiger partial charge in [-0.05, 0) is 23.6 Å². The summed E-state index contributed by atoms with van der Waals surface area (Å²) in [5.41, 5.74) is 2.49. The lowest BCUT2D eigenvalue weighted by Crippen LogP contribution is -3.27. The number of anilines is 1. The Morgan fingerprint density at radius 1 is 1.04 bits per heavy atom. The van der Waals surface area contributed by atoms with Crippen LogP contribution in [0.2, 0.25) is 0 Å². The van der Waals surface area contributed by atoms with E-state index in [9.17, 15) is 4.79 Å². The van der Waals surface area contributed by atoms with Gasteiger partial charge in [-0.25, -0.2) is 0 Å². The molecule has 1 aromatic heterocycles. The molecular weight excluding hydrogens is 358 g/mol. The SMILES string of the molecule is N#Cc1ccc(C[NH+]2CC[NH+](CCC(=O)Nc3sccc3C#N)CC2)cc1. The normalized spacial score (nSPS) is 19.0. The number of nitrogens with one attached hydrogen (secondary N) is 3. The molecule has 3 rings (SSSR count). The molecule has 0 saturated carbocycles. The molecule has 0 spiro atoms. The molecule has 138 valence electrons. The number of amides is 1. The summed E-state index contributed by atoms with van der Waals surface area (Å²) in [6, 6.07) is 13.8. The van der Waals surface area contributed by atoms with Crippen LogP contribution in [0.4, 0.5) is 5.00 Å². The lowest BCUT2D eigenvalue weighted by molar-refractivity contribution is -1.02. The van der Waals surface area contributed by atoms with Crippen molar-refractivity contribution in [2.24, 2.45) is 0 Å². The summed E-state index contributed by atoms with van der Waals surface area (Å²) >= 11 is 1.38. The number of thiophene rings is 1. The van der Waals surface area contributed by atoms with Crippen molar-refractivity contribution < 1.29 is 14.6 Å². The Bertz CT molecular complexity index is 854. The van der Waals surface area contributed by atoms with Crippen molar-refractivity contribution >= 4 is 22.2 Å². The van der Waals surface area contributed by atoms with Crippen LogP contribution in [-0.2, 0) is 11.3 Å². The molecule has 7 heteroatoms. The summed E-state index contributed by atoms with van der Waals surface area (Å²) in [5.74, 6) is -0.0196. The highest BCUT2D eigenvalue weighted by atomic mass is 32.1. The molecule has 2 heterocycles. The molecule has 0 aliphatic carbocycles. The first-order valence-corrected chi connectivity index (χ1v) is 9.99. The number of carbonyl (C=O) groups is 1. The maximum Gasteiger partial charge on any atom is 0.230 e. The van der Waals surface area contributed by atoms with Crippen molar-refractivity contribution in [3.05, 3.63) is 52.4 Å². The molecule has 1 aliphatic heterocycles. The summed E-state index contributed by atoms with van der Waals surface area (Å²) in [7, 11) is 0. The molecule has 2 aromatic rings. The second kappa shape index (κ2) is 9.29. The van der Waals surface area contributed by atoms with Gasteiger partial charge < -0.3 is 15.1 Å². The van der Waals surface area contributed by atoms with E-state index < -0.39 is 0 Å². The van der Waals surface area contributed by atoms with E-state index in [0.29, 0.717) is 22.5 Å². The Kier molecular flexibility index (Phi) is 6.56. The van der Waals surface area contributed by atoms with Gasteiger partial charge in [0.05, 0.1) is 30.2 Å². The van der Waals surface area contributed by atoms with E-state index in [1.165, 1.54) is 21.8 Å². The van der Waals surface area contributed by atoms with E-state index in [-0.39, 0.29) is 5.91 Å². The maximum atomic E-state index is 12.1. The van der Waals surface area contributed by atoms with Crippen LogP contribution < -0.4 is 15.1 Å². The second-order valence-electron chi connectivity index (χ2n) is 6.81. The molecule has 1 saturated heterocycles. The quantitative estimate of drug-likeness (QED) is 0.648. The summed E-state index contributed by atoms with van der Waals surface area (Å²) in [4.78, 5) is 15.1. The van der Waals surface area contributed by atoms with Gasteiger partial charge in [0.25, 0.3) is 0 Å². The number of quaternary nitrogens is 2. The molecule has 0 unspecified atom stereocenters. The zero-order valence-corrected chi connectivity index (χ0v) is 15.9. The molecule has 1 fully saturated rings. The molecule has 1 aromatic carbocycles. The zero-order valence-electron chi connectivity index (χ0n) is 15.1. The van der Waals surface area contributed by atoms with Gasteiger partial charge >= 0.3 is 0 Å². The fraction of sp³-hybridized carbons (Fsp3) is 0.350. The third-order valence-corrected chi connectivity index (χ3v) is 5.78. The van der Waals surface area contributed by atoms with E-state index in [1.54, 1.807) is 11.0 Å². The predicted molar refractivity (Wildman–Crippen MR) is 103 cm³/mol. The molecule has 3 N–H and O–H groups in total. The first-order chi connectivity index (χ1) is 13.2. The van der Waals surface area contributed by atoms with Gasteiger partial charge in [-0.1, -0.05) is 12.1 Å². The third-order valence-electron chi connectivity index (χ3n) is 4.95. The Morgan fingerprint density at radius 2 is 1.74 bits per heavy atom. The highest BCUT2D eigenvalue weighted by Gasteiger charge is 2.23. The minimum atomic E-state index is -0.0196. The van der Waals surface area contributed by atoms with Crippen molar-refractivity contribution in [1.82, 2.24) is 0 Å².